The summed E-state index contributed by atoms with van der Waals surface area (Å²) in [4.78, 5) is 11.3. The minimum Gasteiger partial charge on any atom is -0.493 e. The van der Waals surface area contributed by atoms with Gasteiger partial charge >= 0.3 is 5.97 Å². The smallest absolute Gasteiger partial charge is 0.344 e. The van der Waals surface area contributed by atoms with Gasteiger partial charge in [-0.05, 0) is 47.2 Å². The highest BCUT2D eigenvalue weighted by atomic mass is 127. The molecule has 0 bridgehead atoms. The number of halogens is 1. The quantitative estimate of drug-likeness (QED) is 0.267. The lowest BCUT2D eigenvalue weighted by atomic mass is 10.2. The van der Waals surface area contributed by atoms with Gasteiger partial charge in [-0.1, -0.05) is 0 Å². The van der Waals surface area contributed by atoms with E-state index in [2.05, 4.69) is 27.7 Å². The van der Waals surface area contributed by atoms with Gasteiger partial charge in [0.2, 0.25) is 0 Å². The van der Waals surface area contributed by atoms with Crippen molar-refractivity contribution in [3.05, 3.63) is 21.3 Å². The van der Waals surface area contributed by atoms with Crippen molar-refractivity contribution in [1.29, 1.82) is 0 Å². The predicted octanol–water partition coefficient (Wildman–Crippen LogP) is 1.53. The number of hydrazone groups is 1. The zero-order valence-electron chi connectivity index (χ0n) is 10.7. The number of methoxy groups -OCH3 is 1. The van der Waals surface area contributed by atoms with Gasteiger partial charge in [0.15, 0.2) is 18.1 Å². The summed E-state index contributed by atoms with van der Waals surface area (Å²) in [5, 5.41) is 3.45. The van der Waals surface area contributed by atoms with Crippen molar-refractivity contribution in [3.8, 4) is 11.5 Å². The number of nitrogens with zero attached hydrogens (tertiary/aromatic N) is 1. The Kier molecular flexibility index (Phi) is 6.40. The molecule has 0 atom stereocenters. The Balaban J connectivity index is 2.90. The van der Waals surface area contributed by atoms with Crippen LogP contribution in [0.4, 0.5) is 0 Å². The molecule has 0 heterocycles. The van der Waals surface area contributed by atoms with E-state index < -0.39 is 5.97 Å². The van der Waals surface area contributed by atoms with Crippen molar-refractivity contribution in [1.82, 2.24) is 0 Å². The van der Waals surface area contributed by atoms with Gasteiger partial charge in [0.05, 0.1) is 23.5 Å². The van der Waals surface area contributed by atoms with Gasteiger partial charge in [-0.25, -0.2) is 4.79 Å². The van der Waals surface area contributed by atoms with Crippen molar-refractivity contribution >= 4 is 34.8 Å². The summed E-state index contributed by atoms with van der Waals surface area (Å²) in [7, 11) is 1.52. The summed E-state index contributed by atoms with van der Waals surface area (Å²) < 4.78 is 16.2. The second kappa shape index (κ2) is 7.82. The molecule has 6 nitrogen and oxygen atoms in total. The van der Waals surface area contributed by atoms with Gasteiger partial charge in [-0.2, -0.15) is 5.10 Å². The molecule has 104 valence electrons. The van der Waals surface area contributed by atoms with Gasteiger partial charge in [-0.15, -0.1) is 0 Å². The van der Waals surface area contributed by atoms with Crippen LogP contribution >= 0.6 is 22.6 Å². The number of carbonyl (C=O) groups is 1. The Hall–Kier alpha value is -1.51. The molecule has 2 N–H and O–H groups in total. The lowest BCUT2D eigenvalue weighted by Gasteiger charge is -2.12. The molecule has 0 aromatic heterocycles. The third-order valence-electron chi connectivity index (χ3n) is 2.12. The molecule has 0 aliphatic carbocycles. The molecule has 0 fully saturated rings. The van der Waals surface area contributed by atoms with Gasteiger partial charge in [0.25, 0.3) is 0 Å². The van der Waals surface area contributed by atoms with E-state index in [1.165, 1.54) is 13.3 Å². The van der Waals surface area contributed by atoms with E-state index in [0.29, 0.717) is 18.1 Å². The van der Waals surface area contributed by atoms with Crippen LogP contribution in [0.1, 0.15) is 12.5 Å². The molecule has 0 saturated heterocycles. The minimum atomic E-state index is -0.423. The molecule has 19 heavy (non-hydrogen) atoms. The van der Waals surface area contributed by atoms with E-state index in [-0.39, 0.29) is 6.61 Å². The fraction of sp³-hybridized carbons (Fsp3) is 0.333. The minimum absolute atomic E-state index is 0.162. The lowest BCUT2D eigenvalue weighted by Crippen LogP contribution is -2.15. The summed E-state index contributed by atoms with van der Waals surface area (Å²) in [6, 6.07) is 3.54. The fourth-order valence-electron chi connectivity index (χ4n) is 1.37. The number of hydrogen-bond acceptors (Lipinski definition) is 6. The first-order chi connectivity index (χ1) is 9.12. The highest BCUT2D eigenvalue weighted by Crippen LogP contribution is 2.33. The first-order valence-corrected chi connectivity index (χ1v) is 6.59. The van der Waals surface area contributed by atoms with Crippen LogP contribution in [0.5, 0.6) is 11.5 Å². The first kappa shape index (κ1) is 15.5. The van der Waals surface area contributed by atoms with E-state index in [4.69, 9.17) is 20.1 Å². The Morgan fingerprint density at radius 2 is 2.26 bits per heavy atom. The van der Waals surface area contributed by atoms with Crippen LogP contribution in [-0.4, -0.2) is 32.5 Å². The summed E-state index contributed by atoms with van der Waals surface area (Å²) >= 11 is 2.08. The number of carbonyl (C=O) groups excluding carboxylic acids is 1. The van der Waals surface area contributed by atoms with Gasteiger partial charge in [0, 0.05) is 0 Å². The second-order valence-corrected chi connectivity index (χ2v) is 4.57. The number of benzene rings is 1. The van der Waals surface area contributed by atoms with E-state index in [0.717, 1.165) is 9.13 Å². The third kappa shape index (κ3) is 4.58. The van der Waals surface area contributed by atoms with Gasteiger partial charge in [0.1, 0.15) is 0 Å². The normalized spacial score (nSPS) is 10.5. The van der Waals surface area contributed by atoms with Crippen molar-refractivity contribution in [2.75, 3.05) is 20.3 Å². The summed E-state index contributed by atoms with van der Waals surface area (Å²) in [6.07, 6.45) is 1.50. The largest absolute Gasteiger partial charge is 0.493 e. The maximum Gasteiger partial charge on any atom is 0.344 e. The summed E-state index contributed by atoms with van der Waals surface area (Å²) in [5.74, 6) is 5.68. The third-order valence-corrected chi connectivity index (χ3v) is 2.92. The van der Waals surface area contributed by atoms with Crippen LogP contribution in [0, 0.1) is 3.57 Å². The number of nitrogens with two attached hydrogens (primary N) is 1. The molecule has 0 saturated carbocycles. The molecule has 0 aliphatic rings. The summed E-state index contributed by atoms with van der Waals surface area (Å²) in [5.41, 5.74) is 0.784. The number of hydrogen-bond donors (Lipinski definition) is 1. The van der Waals surface area contributed by atoms with E-state index in [1.807, 2.05) is 6.07 Å². The van der Waals surface area contributed by atoms with Crippen LogP contribution in [0.3, 0.4) is 0 Å². The fourth-order valence-corrected chi connectivity index (χ4v) is 2.16. The van der Waals surface area contributed by atoms with E-state index >= 15 is 0 Å². The van der Waals surface area contributed by atoms with Crippen molar-refractivity contribution in [2.45, 2.75) is 6.92 Å². The number of ether oxygens (including phenoxy) is 3. The maximum absolute atomic E-state index is 11.3. The molecular formula is C12H15IN2O4. The Morgan fingerprint density at radius 1 is 1.53 bits per heavy atom. The molecule has 1 rings (SSSR count). The number of rotatable bonds is 6. The van der Waals surface area contributed by atoms with Crippen LogP contribution in [0.15, 0.2) is 17.2 Å². The zero-order valence-corrected chi connectivity index (χ0v) is 12.8. The molecule has 0 spiro atoms. The van der Waals surface area contributed by atoms with Gasteiger partial charge in [-0.3, -0.25) is 0 Å². The molecule has 0 aliphatic heterocycles. The lowest BCUT2D eigenvalue weighted by molar-refractivity contribution is -0.145. The topological polar surface area (TPSA) is 83.1 Å². The highest BCUT2D eigenvalue weighted by Gasteiger charge is 2.13. The molecular weight excluding hydrogens is 363 g/mol. The van der Waals surface area contributed by atoms with Crippen LogP contribution < -0.4 is 15.3 Å². The Labute approximate surface area is 125 Å². The molecule has 0 amide bonds. The number of esters is 1. The Bertz CT molecular complexity index is 477. The van der Waals surface area contributed by atoms with Crippen molar-refractivity contribution in [3.63, 3.8) is 0 Å². The van der Waals surface area contributed by atoms with Gasteiger partial charge < -0.3 is 20.1 Å². The average Bonchev–Trinajstić information content (AvgIpc) is 2.37. The maximum atomic E-state index is 11.3. The first-order valence-electron chi connectivity index (χ1n) is 5.51. The van der Waals surface area contributed by atoms with Crippen molar-refractivity contribution < 1.29 is 19.0 Å². The average molecular weight is 378 g/mol. The molecule has 0 unspecified atom stereocenters. The SMILES string of the molecule is CCOC(=O)COc1c(I)cc(C=NN)cc1OC. The second-order valence-electron chi connectivity index (χ2n) is 3.41. The van der Waals surface area contributed by atoms with Crippen LogP contribution in [0.2, 0.25) is 0 Å². The zero-order chi connectivity index (χ0) is 14.3. The predicted molar refractivity (Wildman–Crippen MR) is 79.6 cm³/mol. The molecule has 1 aromatic rings. The van der Waals surface area contributed by atoms with Crippen LogP contribution in [-0.2, 0) is 9.53 Å². The highest BCUT2D eigenvalue weighted by molar-refractivity contribution is 14.1. The van der Waals surface area contributed by atoms with E-state index in [1.54, 1.807) is 13.0 Å². The Morgan fingerprint density at radius 3 is 2.84 bits per heavy atom. The monoisotopic (exact) mass is 378 g/mol. The van der Waals surface area contributed by atoms with Crippen molar-refractivity contribution in [2.24, 2.45) is 10.9 Å². The molecule has 7 heteroatoms. The molecule has 0 radical (unpaired) electrons. The standard InChI is InChI=1S/C12H15IN2O4/c1-3-18-11(16)7-19-12-9(13)4-8(6-15-14)5-10(12)17-2/h4-6H,3,7,14H2,1-2H3. The van der Waals surface area contributed by atoms with E-state index in [9.17, 15) is 4.79 Å². The molecule has 1 aromatic carbocycles. The van der Waals surface area contributed by atoms with Crippen LogP contribution in [0.25, 0.3) is 0 Å². The summed E-state index contributed by atoms with van der Waals surface area (Å²) in [6.45, 7) is 1.90.